The van der Waals surface area contributed by atoms with Crippen LogP contribution in [0.25, 0.3) is 5.69 Å². The quantitative estimate of drug-likeness (QED) is 0.326. The topological polar surface area (TPSA) is 80.1 Å². The van der Waals surface area contributed by atoms with E-state index < -0.39 is 0 Å². The van der Waals surface area contributed by atoms with Gasteiger partial charge in [0.1, 0.15) is 12.4 Å². The van der Waals surface area contributed by atoms with E-state index in [4.69, 9.17) is 5.10 Å². The number of aryl methyl sites for hydroxylation is 2. The number of carbonyl (C=O) groups is 2. The van der Waals surface area contributed by atoms with Gasteiger partial charge in [-0.25, -0.2) is 4.68 Å². The number of thioether (sulfide) groups is 1. The van der Waals surface area contributed by atoms with Crippen molar-refractivity contribution >= 4 is 40.7 Å². The van der Waals surface area contributed by atoms with Crippen molar-refractivity contribution in [3.05, 3.63) is 93.1 Å². The molecule has 0 spiro atoms. The summed E-state index contributed by atoms with van der Waals surface area (Å²) in [6.07, 6.45) is 1.70. The van der Waals surface area contributed by atoms with Crippen molar-refractivity contribution in [1.29, 1.82) is 0 Å². The summed E-state index contributed by atoms with van der Waals surface area (Å²) >= 11 is 3.24. The number of thiophene rings is 1. The van der Waals surface area contributed by atoms with E-state index in [9.17, 15) is 9.59 Å². The summed E-state index contributed by atoms with van der Waals surface area (Å²) in [6, 6.07) is 13.9. The zero-order valence-electron chi connectivity index (χ0n) is 22.9. The summed E-state index contributed by atoms with van der Waals surface area (Å²) in [4.78, 5) is 32.9. The van der Waals surface area contributed by atoms with Gasteiger partial charge in [0, 0.05) is 17.2 Å². The van der Waals surface area contributed by atoms with E-state index in [1.807, 2.05) is 28.9 Å². The van der Waals surface area contributed by atoms with Crippen LogP contribution in [0.3, 0.4) is 0 Å². The van der Waals surface area contributed by atoms with E-state index in [1.165, 1.54) is 0 Å². The Morgan fingerprint density at radius 3 is 2.64 bits per heavy atom. The lowest BCUT2D eigenvalue weighted by atomic mass is 9.87. The van der Waals surface area contributed by atoms with Gasteiger partial charge in [-0.2, -0.15) is 16.4 Å². The number of pyridine rings is 1. The third-order valence-corrected chi connectivity index (χ3v) is 8.68. The van der Waals surface area contributed by atoms with Crippen molar-refractivity contribution < 1.29 is 9.59 Å². The van der Waals surface area contributed by atoms with E-state index in [1.54, 1.807) is 34.2 Å². The van der Waals surface area contributed by atoms with Gasteiger partial charge < -0.3 is 5.32 Å². The van der Waals surface area contributed by atoms with Crippen LogP contribution in [0, 0.1) is 13.8 Å². The highest BCUT2D eigenvalue weighted by molar-refractivity contribution is 8.00. The van der Waals surface area contributed by atoms with Gasteiger partial charge in [0.2, 0.25) is 11.8 Å². The minimum Gasteiger partial charge on any atom is -0.349 e. The van der Waals surface area contributed by atoms with Gasteiger partial charge in [-0.05, 0) is 60.0 Å². The summed E-state index contributed by atoms with van der Waals surface area (Å²) < 4.78 is 1.89. The fraction of sp³-hybridized carbons (Fsp3) is 0.333. The number of carbonyl (C=O) groups excluding carboxylic acids is 2. The summed E-state index contributed by atoms with van der Waals surface area (Å²) in [5.74, 6) is 0.577. The maximum absolute atomic E-state index is 13.8. The van der Waals surface area contributed by atoms with Crippen molar-refractivity contribution in [2.24, 2.45) is 0 Å². The molecule has 202 valence electrons. The normalized spacial score (nSPS) is 15.7. The lowest BCUT2D eigenvalue weighted by Crippen LogP contribution is -2.42. The molecule has 1 N–H and O–H groups in total. The van der Waals surface area contributed by atoms with Gasteiger partial charge in [-0.1, -0.05) is 44.5 Å². The standard InChI is InChI=1S/C30H33N5O2S2/c1-19-9-10-23(20(2)14-19)35-29-26(28(33-35)30(3,4)5)27(21-11-13-38-17-21)39-18-25(37)34(29)16-24(36)32-15-22-8-6-7-12-31-22/h6-14,17,27H,15-16,18H2,1-5H3,(H,32,36)/t27-/m1/s1. The molecule has 7 nitrogen and oxygen atoms in total. The summed E-state index contributed by atoms with van der Waals surface area (Å²) in [5.41, 5.74) is 6.64. The summed E-state index contributed by atoms with van der Waals surface area (Å²) in [6.45, 7) is 10.8. The first-order valence-corrected chi connectivity index (χ1v) is 14.9. The van der Waals surface area contributed by atoms with Crippen molar-refractivity contribution in [1.82, 2.24) is 20.1 Å². The van der Waals surface area contributed by atoms with E-state index in [2.05, 4.69) is 73.9 Å². The molecule has 2 amide bonds. The van der Waals surface area contributed by atoms with Crippen LogP contribution in [-0.4, -0.2) is 38.9 Å². The van der Waals surface area contributed by atoms with E-state index in [0.717, 1.165) is 39.3 Å². The second-order valence-corrected chi connectivity index (χ2v) is 12.7. The van der Waals surface area contributed by atoms with Gasteiger partial charge in [0.05, 0.1) is 34.6 Å². The maximum atomic E-state index is 13.8. The molecule has 0 bridgehead atoms. The Balaban J connectivity index is 1.65. The number of nitrogens with one attached hydrogen (secondary N) is 1. The van der Waals surface area contributed by atoms with Crippen molar-refractivity contribution in [2.45, 2.75) is 51.8 Å². The van der Waals surface area contributed by atoms with Crippen LogP contribution in [0.15, 0.2) is 59.4 Å². The Morgan fingerprint density at radius 1 is 1.15 bits per heavy atom. The molecular weight excluding hydrogens is 526 g/mol. The van der Waals surface area contributed by atoms with E-state index >= 15 is 0 Å². The highest BCUT2D eigenvalue weighted by Gasteiger charge is 2.40. The minimum atomic E-state index is -0.289. The predicted molar refractivity (Wildman–Crippen MR) is 159 cm³/mol. The highest BCUT2D eigenvalue weighted by atomic mass is 32.2. The number of nitrogens with zero attached hydrogens (tertiary/aromatic N) is 4. The molecule has 1 aromatic carbocycles. The molecule has 4 aromatic rings. The number of hydrogen-bond donors (Lipinski definition) is 1. The number of benzene rings is 1. The minimum absolute atomic E-state index is 0.0782. The molecule has 0 unspecified atom stereocenters. The zero-order chi connectivity index (χ0) is 27.7. The first kappa shape index (κ1) is 27.1. The molecular formula is C30H33N5O2S2. The fourth-order valence-corrected chi connectivity index (χ4v) is 6.82. The second-order valence-electron chi connectivity index (χ2n) is 10.9. The largest absolute Gasteiger partial charge is 0.349 e. The maximum Gasteiger partial charge on any atom is 0.240 e. The molecule has 9 heteroatoms. The first-order chi connectivity index (χ1) is 18.6. The number of anilines is 1. The monoisotopic (exact) mass is 559 g/mol. The molecule has 0 aliphatic carbocycles. The number of aromatic nitrogens is 3. The van der Waals surface area contributed by atoms with Crippen molar-refractivity contribution in [2.75, 3.05) is 17.2 Å². The third kappa shape index (κ3) is 5.65. The number of hydrogen-bond acceptors (Lipinski definition) is 6. The molecule has 0 saturated carbocycles. The Kier molecular flexibility index (Phi) is 7.64. The van der Waals surface area contributed by atoms with Crippen LogP contribution in [0.1, 0.15) is 59.7 Å². The molecule has 39 heavy (non-hydrogen) atoms. The van der Waals surface area contributed by atoms with Gasteiger partial charge in [0.15, 0.2) is 0 Å². The van der Waals surface area contributed by atoms with Crippen LogP contribution in [-0.2, 0) is 21.5 Å². The lowest BCUT2D eigenvalue weighted by molar-refractivity contribution is -0.123. The number of amides is 2. The first-order valence-electron chi connectivity index (χ1n) is 12.9. The molecule has 1 aliphatic heterocycles. The fourth-order valence-electron chi connectivity index (χ4n) is 4.86. The number of fused-ring (bicyclic) bond motifs is 1. The Hall–Kier alpha value is -3.43. The van der Waals surface area contributed by atoms with Gasteiger partial charge >= 0.3 is 0 Å². The molecule has 1 atom stereocenters. The molecule has 3 aromatic heterocycles. The summed E-state index contributed by atoms with van der Waals surface area (Å²) in [5, 5.41) is 12.3. The lowest BCUT2D eigenvalue weighted by Gasteiger charge is -2.24. The smallest absolute Gasteiger partial charge is 0.240 e. The third-order valence-electron chi connectivity index (χ3n) is 6.72. The summed E-state index contributed by atoms with van der Waals surface area (Å²) in [7, 11) is 0. The van der Waals surface area contributed by atoms with Crippen LogP contribution in [0.5, 0.6) is 0 Å². The van der Waals surface area contributed by atoms with Crippen LogP contribution in [0.4, 0.5) is 5.82 Å². The number of rotatable bonds is 6. The predicted octanol–water partition coefficient (Wildman–Crippen LogP) is 5.73. The molecule has 0 radical (unpaired) electrons. The van der Waals surface area contributed by atoms with E-state index in [0.29, 0.717) is 12.4 Å². The molecule has 0 saturated heterocycles. The van der Waals surface area contributed by atoms with Gasteiger partial charge in [-0.3, -0.25) is 19.5 Å². The zero-order valence-corrected chi connectivity index (χ0v) is 24.5. The van der Waals surface area contributed by atoms with Crippen LogP contribution < -0.4 is 10.2 Å². The second kappa shape index (κ2) is 11.0. The van der Waals surface area contributed by atoms with Gasteiger partial charge in [-0.15, -0.1) is 11.8 Å². The Morgan fingerprint density at radius 2 is 1.97 bits per heavy atom. The molecule has 4 heterocycles. The average molecular weight is 560 g/mol. The average Bonchev–Trinajstić information content (AvgIpc) is 3.53. The molecule has 1 aliphatic rings. The van der Waals surface area contributed by atoms with Crippen molar-refractivity contribution in [3.8, 4) is 5.69 Å². The Labute approximate surface area is 237 Å². The SMILES string of the molecule is Cc1ccc(-n2nc(C(C)(C)C)c3c2N(CC(=O)NCc2ccccn2)C(=O)CS[C@@H]3c2ccsc2)c(C)c1. The van der Waals surface area contributed by atoms with Crippen molar-refractivity contribution in [3.63, 3.8) is 0 Å². The highest BCUT2D eigenvalue weighted by Crippen LogP contribution is 2.48. The van der Waals surface area contributed by atoms with Gasteiger partial charge in [0.25, 0.3) is 0 Å². The molecule has 0 fully saturated rings. The van der Waals surface area contributed by atoms with E-state index in [-0.39, 0.29) is 34.8 Å². The van der Waals surface area contributed by atoms with Crippen LogP contribution >= 0.6 is 23.1 Å². The van der Waals surface area contributed by atoms with Crippen LogP contribution in [0.2, 0.25) is 0 Å². The molecule has 5 rings (SSSR count). The Bertz CT molecular complexity index is 1490.